The zero-order chi connectivity index (χ0) is 13.7. The molecule has 0 N–H and O–H groups in total. The molecule has 0 atom stereocenters. The number of nitriles is 1. The number of hydrogen-bond acceptors (Lipinski definition) is 4. The highest BCUT2D eigenvalue weighted by molar-refractivity contribution is 9.10. The molecule has 0 bridgehead atoms. The van der Waals surface area contributed by atoms with Crippen molar-refractivity contribution in [2.75, 3.05) is 6.61 Å². The number of halogens is 3. The number of esters is 1. The summed E-state index contributed by atoms with van der Waals surface area (Å²) in [5, 5.41) is 8.71. The third kappa shape index (κ3) is 3.47. The summed E-state index contributed by atoms with van der Waals surface area (Å²) < 4.78 is 30.1. The van der Waals surface area contributed by atoms with Gasteiger partial charge in [-0.2, -0.15) is 5.26 Å². The van der Waals surface area contributed by atoms with Crippen LogP contribution >= 0.6 is 15.9 Å². The first kappa shape index (κ1) is 14.5. The Bertz CT molecular complexity index is 501. The third-order valence-corrected chi connectivity index (χ3v) is 2.94. The topological polar surface area (TPSA) is 63.0 Å². The smallest absolute Gasteiger partial charge is 0.310 e. The SMILES string of the molecule is CCOC(=O)Cc1cc(C#N)nc(C(F)F)c1Br. The fraction of sp³-hybridized carbons (Fsp3) is 0.364. The summed E-state index contributed by atoms with van der Waals surface area (Å²) in [5.41, 5.74) is -0.448. The van der Waals surface area contributed by atoms with Crippen LogP contribution in [0.3, 0.4) is 0 Å². The number of pyridine rings is 1. The van der Waals surface area contributed by atoms with Gasteiger partial charge in [0.25, 0.3) is 6.43 Å². The summed E-state index contributed by atoms with van der Waals surface area (Å²) in [7, 11) is 0. The van der Waals surface area contributed by atoms with Crippen LogP contribution in [0.25, 0.3) is 0 Å². The number of carbonyl (C=O) groups is 1. The second-order valence-corrected chi connectivity index (χ2v) is 4.05. The van der Waals surface area contributed by atoms with Crippen molar-refractivity contribution in [3.8, 4) is 6.07 Å². The van der Waals surface area contributed by atoms with Gasteiger partial charge in [0.15, 0.2) is 0 Å². The van der Waals surface area contributed by atoms with Gasteiger partial charge < -0.3 is 4.74 Å². The van der Waals surface area contributed by atoms with Crippen molar-refractivity contribution in [1.82, 2.24) is 4.98 Å². The number of ether oxygens (including phenoxy) is 1. The highest BCUT2D eigenvalue weighted by atomic mass is 79.9. The Morgan fingerprint density at radius 3 is 2.83 bits per heavy atom. The predicted octanol–water partition coefficient (Wildman–Crippen LogP) is 2.76. The Morgan fingerprint density at radius 2 is 2.33 bits per heavy atom. The third-order valence-electron chi connectivity index (χ3n) is 2.02. The van der Waals surface area contributed by atoms with Crippen LogP contribution in [-0.2, 0) is 16.0 Å². The summed E-state index contributed by atoms with van der Waals surface area (Å²) in [5.74, 6) is -0.548. The highest BCUT2D eigenvalue weighted by Crippen LogP contribution is 2.29. The summed E-state index contributed by atoms with van der Waals surface area (Å²) in [6.45, 7) is 1.85. The van der Waals surface area contributed by atoms with Gasteiger partial charge in [-0.3, -0.25) is 4.79 Å². The Balaban J connectivity index is 3.14. The molecule has 96 valence electrons. The Labute approximate surface area is 111 Å². The first-order valence-electron chi connectivity index (χ1n) is 5.02. The maximum absolute atomic E-state index is 12.7. The summed E-state index contributed by atoms with van der Waals surface area (Å²) >= 11 is 2.97. The van der Waals surface area contributed by atoms with E-state index in [4.69, 9.17) is 10.00 Å². The fourth-order valence-electron chi connectivity index (χ4n) is 1.30. The van der Waals surface area contributed by atoms with Crippen LogP contribution in [0.15, 0.2) is 10.5 Å². The lowest BCUT2D eigenvalue weighted by molar-refractivity contribution is -0.142. The number of rotatable bonds is 4. The number of hydrogen-bond donors (Lipinski definition) is 0. The van der Waals surface area contributed by atoms with E-state index in [0.717, 1.165) is 0 Å². The lowest BCUT2D eigenvalue weighted by atomic mass is 10.1. The molecule has 0 unspecified atom stereocenters. The second-order valence-electron chi connectivity index (χ2n) is 3.26. The molecule has 0 amide bonds. The molecule has 0 saturated carbocycles. The van der Waals surface area contributed by atoms with Gasteiger partial charge in [0, 0.05) is 4.47 Å². The molecule has 7 heteroatoms. The molecule has 0 spiro atoms. The van der Waals surface area contributed by atoms with Gasteiger partial charge in [-0.1, -0.05) is 0 Å². The van der Waals surface area contributed by atoms with E-state index < -0.39 is 18.1 Å². The monoisotopic (exact) mass is 318 g/mol. The van der Waals surface area contributed by atoms with Crippen molar-refractivity contribution >= 4 is 21.9 Å². The van der Waals surface area contributed by atoms with Crippen LogP contribution in [-0.4, -0.2) is 17.6 Å². The quantitative estimate of drug-likeness (QED) is 0.801. The van der Waals surface area contributed by atoms with Gasteiger partial charge in [0.05, 0.1) is 13.0 Å². The minimum Gasteiger partial charge on any atom is -0.466 e. The predicted molar refractivity (Wildman–Crippen MR) is 61.9 cm³/mol. The molecule has 1 heterocycles. The molecule has 4 nitrogen and oxygen atoms in total. The van der Waals surface area contributed by atoms with Crippen molar-refractivity contribution in [2.24, 2.45) is 0 Å². The molecule has 0 fully saturated rings. The van der Waals surface area contributed by atoms with Gasteiger partial charge in [0.2, 0.25) is 0 Å². The fourth-order valence-corrected chi connectivity index (χ4v) is 1.82. The molecule has 18 heavy (non-hydrogen) atoms. The first-order valence-corrected chi connectivity index (χ1v) is 5.82. The molecule has 1 rings (SSSR count). The van der Waals surface area contributed by atoms with E-state index in [1.165, 1.54) is 6.07 Å². The van der Waals surface area contributed by atoms with E-state index in [9.17, 15) is 13.6 Å². The Hall–Kier alpha value is -1.55. The molecule has 0 radical (unpaired) electrons. The van der Waals surface area contributed by atoms with Crippen molar-refractivity contribution in [1.29, 1.82) is 5.26 Å². The van der Waals surface area contributed by atoms with Crippen molar-refractivity contribution < 1.29 is 18.3 Å². The summed E-state index contributed by atoms with van der Waals surface area (Å²) in [6.07, 6.45) is -3.01. The molecular weight excluding hydrogens is 310 g/mol. The normalized spacial score (nSPS) is 10.2. The van der Waals surface area contributed by atoms with Crippen LogP contribution in [0.5, 0.6) is 0 Å². The van der Waals surface area contributed by atoms with E-state index in [0.29, 0.717) is 0 Å². The standard InChI is InChI=1S/C11H9BrF2N2O2/c1-2-18-8(17)4-6-3-7(5-15)16-10(9(6)12)11(13)14/h3,11H,2,4H2,1H3. The van der Waals surface area contributed by atoms with Crippen molar-refractivity contribution in [3.63, 3.8) is 0 Å². The zero-order valence-corrected chi connectivity index (χ0v) is 11.0. The van der Waals surface area contributed by atoms with Crippen molar-refractivity contribution in [2.45, 2.75) is 19.8 Å². The van der Waals surface area contributed by atoms with E-state index in [1.54, 1.807) is 13.0 Å². The lowest BCUT2D eigenvalue weighted by Crippen LogP contribution is -2.10. The van der Waals surface area contributed by atoms with Crippen LogP contribution < -0.4 is 0 Å². The maximum atomic E-state index is 12.7. The Kier molecular flexibility index (Phi) is 5.16. The van der Waals surface area contributed by atoms with Gasteiger partial charge in [-0.25, -0.2) is 13.8 Å². The van der Waals surface area contributed by atoms with Crippen LogP contribution in [0.1, 0.15) is 30.3 Å². The van der Waals surface area contributed by atoms with E-state index in [1.807, 2.05) is 0 Å². The van der Waals surface area contributed by atoms with Crippen LogP contribution in [0, 0.1) is 11.3 Å². The number of nitrogens with zero attached hydrogens (tertiary/aromatic N) is 2. The Morgan fingerprint density at radius 1 is 1.67 bits per heavy atom. The average molecular weight is 319 g/mol. The minimum atomic E-state index is -2.83. The summed E-state index contributed by atoms with van der Waals surface area (Å²) in [4.78, 5) is 14.8. The van der Waals surface area contributed by atoms with Gasteiger partial charge >= 0.3 is 5.97 Å². The molecule has 1 aromatic rings. The first-order chi connectivity index (χ1) is 8.49. The molecule has 0 aromatic carbocycles. The molecule has 0 aliphatic rings. The summed E-state index contributed by atoms with van der Waals surface area (Å²) in [6, 6.07) is 2.96. The molecule has 0 aliphatic carbocycles. The lowest BCUT2D eigenvalue weighted by Gasteiger charge is -2.09. The van der Waals surface area contributed by atoms with E-state index in [2.05, 4.69) is 20.9 Å². The van der Waals surface area contributed by atoms with E-state index >= 15 is 0 Å². The number of alkyl halides is 2. The molecule has 0 saturated heterocycles. The minimum absolute atomic E-state index is 0.0320. The average Bonchev–Trinajstić information content (AvgIpc) is 2.31. The van der Waals surface area contributed by atoms with Gasteiger partial charge in [-0.15, -0.1) is 0 Å². The van der Waals surface area contributed by atoms with Gasteiger partial charge in [0.1, 0.15) is 17.5 Å². The molecule has 0 aliphatic heterocycles. The second kappa shape index (κ2) is 6.40. The van der Waals surface area contributed by atoms with Gasteiger partial charge in [-0.05, 0) is 34.5 Å². The number of aromatic nitrogens is 1. The molecular formula is C11H9BrF2N2O2. The molecule has 1 aromatic heterocycles. The maximum Gasteiger partial charge on any atom is 0.310 e. The van der Waals surface area contributed by atoms with Crippen LogP contribution in [0.4, 0.5) is 8.78 Å². The van der Waals surface area contributed by atoms with Crippen LogP contribution in [0.2, 0.25) is 0 Å². The highest BCUT2D eigenvalue weighted by Gasteiger charge is 2.20. The zero-order valence-electron chi connectivity index (χ0n) is 9.41. The van der Waals surface area contributed by atoms with E-state index in [-0.39, 0.29) is 28.8 Å². The van der Waals surface area contributed by atoms with Crippen molar-refractivity contribution in [3.05, 3.63) is 27.5 Å². The largest absolute Gasteiger partial charge is 0.466 e. The number of carbonyl (C=O) groups excluding carboxylic acids is 1.